The molecule has 0 aliphatic carbocycles. The highest BCUT2D eigenvalue weighted by Gasteiger charge is 2.06. The second kappa shape index (κ2) is 8.20. The molecule has 0 aliphatic heterocycles. The minimum absolute atomic E-state index is 0.0404. The maximum Gasteiger partial charge on any atom is 0.357 e. The summed E-state index contributed by atoms with van der Waals surface area (Å²) in [5.41, 5.74) is 0.0404. The van der Waals surface area contributed by atoms with Crippen LogP contribution < -0.4 is 0 Å². The fourth-order valence-corrected chi connectivity index (χ4v) is 0.961. The Bertz CT molecular complexity index is 252. The van der Waals surface area contributed by atoms with Crippen LogP contribution in [-0.2, 0) is 14.3 Å². The molecule has 0 saturated carbocycles. The summed E-state index contributed by atoms with van der Waals surface area (Å²) in [6.45, 7) is 2.09. The SMILES string of the molecule is CCCCCC=C(N=C=O)C(=O)OC. The highest BCUT2D eigenvalue weighted by atomic mass is 16.5. The lowest BCUT2D eigenvalue weighted by atomic mass is 10.2. The van der Waals surface area contributed by atoms with Crippen molar-refractivity contribution in [3.8, 4) is 0 Å². The fourth-order valence-electron chi connectivity index (χ4n) is 0.961. The largest absolute Gasteiger partial charge is 0.464 e. The van der Waals surface area contributed by atoms with E-state index in [9.17, 15) is 9.59 Å². The Kier molecular flexibility index (Phi) is 7.37. The molecule has 0 heterocycles. The molecule has 4 heteroatoms. The molecule has 0 N–H and O–H groups in total. The molecular formula is C10H15NO3. The molecular weight excluding hydrogens is 182 g/mol. The van der Waals surface area contributed by atoms with Crippen LogP contribution in [0.5, 0.6) is 0 Å². The molecule has 0 bridgehead atoms. The number of carbonyl (C=O) groups is 1. The van der Waals surface area contributed by atoms with Gasteiger partial charge in [0, 0.05) is 0 Å². The van der Waals surface area contributed by atoms with Gasteiger partial charge >= 0.3 is 5.97 Å². The van der Waals surface area contributed by atoms with E-state index in [1.165, 1.54) is 13.2 Å². The third-order valence-electron chi connectivity index (χ3n) is 1.71. The first-order chi connectivity index (χ1) is 6.76. The van der Waals surface area contributed by atoms with Gasteiger partial charge in [0.15, 0.2) is 5.70 Å². The molecule has 0 spiro atoms. The maximum absolute atomic E-state index is 11.0. The topological polar surface area (TPSA) is 55.7 Å². The summed E-state index contributed by atoms with van der Waals surface area (Å²) in [5.74, 6) is -0.593. The number of isocyanates is 1. The number of ether oxygens (including phenoxy) is 1. The Balaban J connectivity index is 4.19. The molecule has 14 heavy (non-hydrogen) atoms. The van der Waals surface area contributed by atoms with Crippen LogP contribution in [-0.4, -0.2) is 19.2 Å². The Labute approximate surface area is 83.7 Å². The van der Waals surface area contributed by atoms with E-state index in [0.717, 1.165) is 25.7 Å². The van der Waals surface area contributed by atoms with Crippen molar-refractivity contribution in [2.24, 2.45) is 4.99 Å². The van der Waals surface area contributed by atoms with Crippen molar-refractivity contribution in [2.75, 3.05) is 7.11 Å². The van der Waals surface area contributed by atoms with Gasteiger partial charge in [-0.15, -0.1) is 0 Å². The van der Waals surface area contributed by atoms with Crippen LogP contribution in [0.2, 0.25) is 0 Å². The van der Waals surface area contributed by atoms with Crippen LogP contribution in [0.4, 0.5) is 0 Å². The summed E-state index contributed by atoms with van der Waals surface area (Å²) in [4.78, 5) is 24.3. The molecule has 4 nitrogen and oxygen atoms in total. The van der Waals surface area contributed by atoms with E-state index in [0.29, 0.717) is 0 Å². The molecule has 0 fully saturated rings. The van der Waals surface area contributed by atoms with Gasteiger partial charge < -0.3 is 4.74 Å². The lowest BCUT2D eigenvalue weighted by molar-refractivity contribution is -0.136. The number of hydrogen-bond donors (Lipinski definition) is 0. The minimum atomic E-state index is -0.593. The number of rotatable bonds is 6. The molecule has 0 aromatic rings. The third kappa shape index (κ3) is 5.27. The van der Waals surface area contributed by atoms with Crippen LogP contribution in [0, 0.1) is 0 Å². The fraction of sp³-hybridized carbons (Fsp3) is 0.600. The summed E-state index contributed by atoms with van der Waals surface area (Å²) in [5, 5.41) is 0. The van der Waals surface area contributed by atoms with E-state index < -0.39 is 5.97 Å². The Morgan fingerprint density at radius 3 is 2.71 bits per heavy atom. The second-order valence-corrected chi connectivity index (χ2v) is 2.78. The summed E-state index contributed by atoms with van der Waals surface area (Å²) in [7, 11) is 1.25. The van der Waals surface area contributed by atoms with Gasteiger partial charge in [-0.25, -0.2) is 9.59 Å². The monoisotopic (exact) mass is 197 g/mol. The van der Waals surface area contributed by atoms with E-state index in [4.69, 9.17) is 0 Å². The molecule has 0 radical (unpaired) electrons. The van der Waals surface area contributed by atoms with Crippen molar-refractivity contribution in [1.29, 1.82) is 0 Å². The predicted octanol–water partition coefficient (Wildman–Crippen LogP) is 1.96. The van der Waals surface area contributed by atoms with Gasteiger partial charge in [-0.05, 0) is 12.8 Å². The van der Waals surface area contributed by atoms with Crippen LogP contribution >= 0.6 is 0 Å². The van der Waals surface area contributed by atoms with Crippen molar-refractivity contribution >= 4 is 12.0 Å². The number of esters is 1. The smallest absolute Gasteiger partial charge is 0.357 e. The van der Waals surface area contributed by atoms with Crippen LogP contribution in [0.25, 0.3) is 0 Å². The van der Waals surface area contributed by atoms with E-state index in [2.05, 4.69) is 16.7 Å². The molecule has 0 amide bonds. The van der Waals surface area contributed by atoms with Gasteiger partial charge in [0.05, 0.1) is 7.11 Å². The average Bonchev–Trinajstić information content (AvgIpc) is 2.21. The zero-order chi connectivity index (χ0) is 10.8. The van der Waals surface area contributed by atoms with Gasteiger partial charge in [-0.2, -0.15) is 4.99 Å². The van der Waals surface area contributed by atoms with Crippen molar-refractivity contribution < 1.29 is 14.3 Å². The van der Waals surface area contributed by atoms with E-state index >= 15 is 0 Å². The van der Waals surface area contributed by atoms with E-state index in [1.807, 2.05) is 0 Å². The number of hydrogen-bond acceptors (Lipinski definition) is 4. The lowest BCUT2D eigenvalue weighted by Gasteiger charge is -1.97. The zero-order valence-electron chi connectivity index (χ0n) is 8.58. The van der Waals surface area contributed by atoms with Crippen LogP contribution in [0.1, 0.15) is 32.6 Å². The molecule has 0 aromatic heterocycles. The number of aliphatic imine (C=N–C) groups is 1. The third-order valence-corrected chi connectivity index (χ3v) is 1.71. The first kappa shape index (κ1) is 12.6. The van der Waals surface area contributed by atoms with Crippen molar-refractivity contribution in [3.05, 3.63) is 11.8 Å². The zero-order valence-corrected chi connectivity index (χ0v) is 8.58. The van der Waals surface area contributed by atoms with Crippen molar-refractivity contribution in [1.82, 2.24) is 0 Å². The van der Waals surface area contributed by atoms with Gasteiger partial charge in [0.25, 0.3) is 0 Å². The molecule has 0 rings (SSSR count). The molecule has 0 aliphatic rings. The van der Waals surface area contributed by atoms with E-state index in [-0.39, 0.29) is 5.70 Å². The van der Waals surface area contributed by atoms with Gasteiger partial charge in [0.1, 0.15) is 0 Å². The second-order valence-electron chi connectivity index (χ2n) is 2.78. The van der Waals surface area contributed by atoms with Crippen LogP contribution in [0.3, 0.4) is 0 Å². The van der Waals surface area contributed by atoms with Gasteiger partial charge in [0.2, 0.25) is 6.08 Å². The lowest BCUT2D eigenvalue weighted by Crippen LogP contribution is -2.02. The Morgan fingerprint density at radius 2 is 2.21 bits per heavy atom. The number of methoxy groups -OCH3 is 1. The average molecular weight is 197 g/mol. The standard InChI is InChI=1S/C10H15NO3/c1-3-4-5-6-7-9(11-8-12)10(13)14-2/h7H,3-6H2,1-2H3. The van der Waals surface area contributed by atoms with E-state index in [1.54, 1.807) is 6.08 Å². The number of allylic oxidation sites excluding steroid dienone is 1. The quantitative estimate of drug-likeness (QED) is 0.215. The highest BCUT2D eigenvalue weighted by molar-refractivity contribution is 5.88. The summed E-state index contributed by atoms with van der Waals surface area (Å²) in [6, 6.07) is 0. The Hall–Kier alpha value is -1.41. The number of unbranched alkanes of at least 4 members (excludes halogenated alkanes) is 3. The van der Waals surface area contributed by atoms with Crippen molar-refractivity contribution in [3.63, 3.8) is 0 Å². The van der Waals surface area contributed by atoms with Gasteiger partial charge in [-0.3, -0.25) is 0 Å². The summed E-state index contributed by atoms with van der Waals surface area (Å²) >= 11 is 0. The van der Waals surface area contributed by atoms with Gasteiger partial charge in [-0.1, -0.05) is 25.8 Å². The molecule has 78 valence electrons. The predicted molar refractivity (Wildman–Crippen MR) is 52.4 cm³/mol. The molecule has 0 atom stereocenters. The minimum Gasteiger partial charge on any atom is -0.464 e. The molecule has 0 aromatic carbocycles. The summed E-state index contributed by atoms with van der Waals surface area (Å²) in [6.07, 6.45) is 6.84. The number of carbonyl (C=O) groups excluding carboxylic acids is 2. The first-order valence-electron chi connectivity index (χ1n) is 4.62. The van der Waals surface area contributed by atoms with Crippen LogP contribution in [0.15, 0.2) is 16.8 Å². The first-order valence-corrected chi connectivity index (χ1v) is 4.62. The molecule has 0 unspecified atom stereocenters. The Morgan fingerprint density at radius 1 is 1.50 bits per heavy atom. The normalized spacial score (nSPS) is 10.6. The maximum atomic E-state index is 11.0. The highest BCUT2D eigenvalue weighted by Crippen LogP contribution is 2.05. The molecule has 0 saturated heterocycles. The number of nitrogens with zero attached hydrogens (tertiary/aromatic N) is 1. The summed E-state index contributed by atoms with van der Waals surface area (Å²) < 4.78 is 4.44. The van der Waals surface area contributed by atoms with Crippen molar-refractivity contribution in [2.45, 2.75) is 32.6 Å².